The molecular formula is C16H28N2O. The Labute approximate surface area is 118 Å². The molecule has 3 nitrogen and oxygen atoms in total. The molecule has 1 aromatic carbocycles. The average Bonchev–Trinajstić information content (AvgIpc) is 2.35. The van der Waals surface area contributed by atoms with Gasteiger partial charge in [0.25, 0.3) is 0 Å². The molecule has 19 heavy (non-hydrogen) atoms. The van der Waals surface area contributed by atoms with Gasteiger partial charge in [-0.1, -0.05) is 12.1 Å². The molecule has 0 aliphatic carbocycles. The lowest BCUT2D eigenvalue weighted by atomic mass is 10.1. The van der Waals surface area contributed by atoms with Crippen molar-refractivity contribution in [3.05, 3.63) is 29.8 Å². The zero-order valence-corrected chi connectivity index (χ0v) is 13.0. The van der Waals surface area contributed by atoms with Crippen LogP contribution < -0.4 is 10.1 Å². The van der Waals surface area contributed by atoms with Crippen LogP contribution in [0.25, 0.3) is 0 Å². The molecule has 0 aliphatic rings. The Kier molecular flexibility index (Phi) is 6.32. The molecule has 0 unspecified atom stereocenters. The van der Waals surface area contributed by atoms with Crippen molar-refractivity contribution < 1.29 is 4.74 Å². The van der Waals surface area contributed by atoms with Crippen molar-refractivity contribution in [1.82, 2.24) is 10.2 Å². The first-order valence-electron chi connectivity index (χ1n) is 6.97. The van der Waals surface area contributed by atoms with Gasteiger partial charge >= 0.3 is 0 Å². The number of methoxy groups -OCH3 is 1. The first kappa shape index (κ1) is 16.0. The molecule has 0 spiro atoms. The molecule has 0 saturated heterocycles. The van der Waals surface area contributed by atoms with E-state index < -0.39 is 0 Å². The molecule has 3 heteroatoms. The molecule has 0 saturated carbocycles. The van der Waals surface area contributed by atoms with Crippen LogP contribution in [0.3, 0.4) is 0 Å². The van der Waals surface area contributed by atoms with E-state index in [2.05, 4.69) is 56.2 Å². The molecule has 108 valence electrons. The van der Waals surface area contributed by atoms with Crippen LogP contribution in [0.5, 0.6) is 5.75 Å². The van der Waals surface area contributed by atoms with E-state index in [9.17, 15) is 0 Å². The number of hydrogen-bond acceptors (Lipinski definition) is 3. The average molecular weight is 264 g/mol. The van der Waals surface area contributed by atoms with Gasteiger partial charge in [0.1, 0.15) is 5.75 Å². The molecule has 0 bridgehead atoms. The standard InChI is InChI=1S/C16H28N2O/c1-16(2,3)17-10-12-18(4)11-9-14-7-6-8-15(13-14)19-5/h6-8,13,17H,9-12H2,1-5H3. The summed E-state index contributed by atoms with van der Waals surface area (Å²) in [7, 11) is 3.88. The molecule has 0 atom stereocenters. The summed E-state index contributed by atoms with van der Waals surface area (Å²) in [5, 5.41) is 3.51. The first-order chi connectivity index (χ1) is 8.90. The van der Waals surface area contributed by atoms with Crippen LogP contribution in [-0.2, 0) is 6.42 Å². The van der Waals surface area contributed by atoms with E-state index in [-0.39, 0.29) is 5.54 Å². The van der Waals surface area contributed by atoms with E-state index in [0.29, 0.717) is 0 Å². The van der Waals surface area contributed by atoms with Gasteiger partial charge in [0, 0.05) is 25.2 Å². The fourth-order valence-corrected chi connectivity index (χ4v) is 1.88. The highest BCUT2D eigenvalue weighted by molar-refractivity contribution is 5.28. The summed E-state index contributed by atoms with van der Waals surface area (Å²) in [5.41, 5.74) is 1.53. The van der Waals surface area contributed by atoms with Crippen LogP contribution in [0.4, 0.5) is 0 Å². The van der Waals surface area contributed by atoms with Crippen molar-refractivity contribution in [3.8, 4) is 5.75 Å². The Bertz CT molecular complexity index is 371. The lowest BCUT2D eigenvalue weighted by Gasteiger charge is -2.23. The normalized spacial score (nSPS) is 11.9. The Balaban J connectivity index is 2.27. The van der Waals surface area contributed by atoms with Gasteiger partial charge in [0.15, 0.2) is 0 Å². The zero-order valence-electron chi connectivity index (χ0n) is 13.0. The lowest BCUT2D eigenvalue weighted by molar-refractivity contribution is 0.312. The molecule has 0 radical (unpaired) electrons. The van der Waals surface area contributed by atoms with Crippen LogP contribution in [0.2, 0.25) is 0 Å². The van der Waals surface area contributed by atoms with Crippen molar-refractivity contribution in [1.29, 1.82) is 0 Å². The summed E-state index contributed by atoms with van der Waals surface area (Å²) in [6.45, 7) is 9.76. The minimum absolute atomic E-state index is 0.202. The SMILES string of the molecule is COc1cccc(CCN(C)CCNC(C)(C)C)c1. The smallest absolute Gasteiger partial charge is 0.119 e. The minimum Gasteiger partial charge on any atom is -0.497 e. The van der Waals surface area contributed by atoms with Crippen LogP contribution in [0.15, 0.2) is 24.3 Å². The molecular weight excluding hydrogens is 236 g/mol. The molecule has 1 rings (SSSR count). The summed E-state index contributed by atoms with van der Waals surface area (Å²) in [6, 6.07) is 8.31. The van der Waals surface area contributed by atoms with Crippen molar-refractivity contribution in [2.24, 2.45) is 0 Å². The number of hydrogen-bond donors (Lipinski definition) is 1. The Morgan fingerprint density at radius 3 is 2.58 bits per heavy atom. The summed E-state index contributed by atoms with van der Waals surface area (Å²) in [6.07, 6.45) is 1.06. The number of ether oxygens (including phenoxy) is 1. The second-order valence-corrected chi connectivity index (χ2v) is 6.08. The van der Waals surface area contributed by atoms with E-state index >= 15 is 0 Å². The Hall–Kier alpha value is -1.06. The third-order valence-corrected chi connectivity index (χ3v) is 3.07. The maximum absolute atomic E-state index is 5.24. The van der Waals surface area contributed by atoms with Crippen molar-refractivity contribution in [2.75, 3.05) is 33.8 Å². The fourth-order valence-electron chi connectivity index (χ4n) is 1.88. The summed E-state index contributed by atoms with van der Waals surface area (Å²) in [4.78, 5) is 2.36. The van der Waals surface area contributed by atoms with Gasteiger partial charge in [-0.25, -0.2) is 0 Å². The van der Waals surface area contributed by atoms with Gasteiger partial charge in [-0.3, -0.25) is 0 Å². The minimum atomic E-state index is 0.202. The van der Waals surface area contributed by atoms with Gasteiger partial charge in [-0.05, 0) is 51.9 Å². The highest BCUT2D eigenvalue weighted by Crippen LogP contribution is 2.13. The number of likely N-dealkylation sites (N-methyl/N-ethyl adjacent to an activating group) is 1. The molecule has 0 amide bonds. The van der Waals surface area contributed by atoms with Crippen LogP contribution in [-0.4, -0.2) is 44.2 Å². The van der Waals surface area contributed by atoms with E-state index in [1.165, 1.54) is 5.56 Å². The zero-order chi connectivity index (χ0) is 14.3. The van der Waals surface area contributed by atoms with Crippen LogP contribution >= 0.6 is 0 Å². The number of nitrogens with one attached hydrogen (secondary N) is 1. The second kappa shape index (κ2) is 7.51. The van der Waals surface area contributed by atoms with Gasteiger partial charge in [-0.15, -0.1) is 0 Å². The van der Waals surface area contributed by atoms with Crippen molar-refractivity contribution >= 4 is 0 Å². The molecule has 0 fully saturated rings. The molecule has 1 N–H and O–H groups in total. The monoisotopic (exact) mass is 264 g/mol. The van der Waals surface area contributed by atoms with Gasteiger partial charge in [0.05, 0.1) is 7.11 Å². The van der Waals surface area contributed by atoms with Crippen molar-refractivity contribution in [2.45, 2.75) is 32.7 Å². The predicted octanol–water partition coefficient (Wildman–Crippen LogP) is 2.56. The molecule has 1 aromatic rings. The van der Waals surface area contributed by atoms with Crippen LogP contribution in [0, 0.1) is 0 Å². The quantitative estimate of drug-likeness (QED) is 0.819. The van der Waals surface area contributed by atoms with E-state index in [4.69, 9.17) is 4.74 Å². The number of rotatable bonds is 7. The number of benzene rings is 1. The van der Waals surface area contributed by atoms with Crippen LogP contribution in [0.1, 0.15) is 26.3 Å². The van der Waals surface area contributed by atoms with Crippen molar-refractivity contribution in [3.63, 3.8) is 0 Å². The maximum atomic E-state index is 5.24. The third-order valence-electron chi connectivity index (χ3n) is 3.07. The third kappa shape index (κ3) is 7.19. The molecule has 0 aliphatic heterocycles. The molecule has 0 aromatic heterocycles. The second-order valence-electron chi connectivity index (χ2n) is 6.08. The predicted molar refractivity (Wildman–Crippen MR) is 82.0 cm³/mol. The highest BCUT2D eigenvalue weighted by atomic mass is 16.5. The van der Waals surface area contributed by atoms with Gasteiger partial charge in [-0.2, -0.15) is 0 Å². The Morgan fingerprint density at radius 1 is 1.21 bits per heavy atom. The van der Waals surface area contributed by atoms with E-state index in [1.807, 2.05) is 6.07 Å². The first-order valence-corrected chi connectivity index (χ1v) is 6.97. The fraction of sp³-hybridized carbons (Fsp3) is 0.625. The largest absolute Gasteiger partial charge is 0.497 e. The summed E-state index contributed by atoms with van der Waals surface area (Å²) in [5.74, 6) is 0.939. The highest BCUT2D eigenvalue weighted by Gasteiger charge is 2.08. The van der Waals surface area contributed by atoms with Gasteiger partial charge in [0.2, 0.25) is 0 Å². The number of nitrogens with zero attached hydrogens (tertiary/aromatic N) is 1. The summed E-state index contributed by atoms with van der Waals surface area (Å²) < 4.78 is 5.24. The van der Waals surface area contributed by atoms with E-state index in [1.54, 1.807) is 7.11 Å². The topological polar surface area (TPSA) is 24.5 Å². The van der Waals surface area contributed by atoms with E-state index in [0.717, 1.165) is 31.8 Å². The summed E-state index contributed by atoms with van der Waals surface area (Å²) >= 11 is 0. The molecule has 0 heterocycles. The maximum Gasteiger partial charge on any atom is 0.119 e. The Morgan fingerprint density at radius 2 is 1.95 bits per heavy atom. The van der Waals surface area contributed by atoms with Gasteiger partial charge < -0.3 is 15.0 Å². The lowest BCUT2D eigenvalue weighted by Crippen LogP contribution is -2.40.